The Balaban J connectivity index is 1.47. The van der Waals surface area contributed by atoms with Gasteiger partial charge in [-0.2, -0.15) is 5.10 Å². The SMILES string of the molecule is Cc1cn2nc([C@@H]3CCCCN3C(=O)c3ccc(Cl)c(O)c3)cc2nc1C1CC[C@H](C)C1. The van der Waals surface area contributed by atoms with Crippen molar-refractivity contribution in [1.29, 1.82) is 0 Å². The van der Waals surface area contributed by atoms with Crippen LogP contribution in [0.3, 0.4) is 0 Å². The number of carbonyl (C=O) groups excluding carboxylic acids is 1. The Hall–Kier alpha value is -2.60. The number of carbonyl (C=O) groups is 1. The van der Waals surface area contributed by atoms with Crippen molar-refractivity contribution in [2.24, 2.45) is 5.92 Å². The summed E-state index contributed by atoms with van der Waals surface area (Å²) in [6.45, 7) is 5.11. The molecule has 1 aliphatic carbocycles. The average molecular weight is 453 g/mol. The number of likely N-dealkylation sites (tertiary alicyclic amines) is 1. The third-order valence-corrected chi connectivity index (χ3v) is 7.39. The lowest BCUT2D eigenvalue weighted by atomic mass is 9.98. The maximum atomic E-state index is 13.3. The molecule has 2 aliphatic rings. The third kappa shape index (κ3) is 3.85. The van der Waals surface area contributed by atoms with Crippen LogP contribution in [-0.2, 0) is 0 Å². The molecule has 0 spiro atoms. The fourth-order valence-electron chi connectivity index (χ4n) is 5.37. The number of amides is 1. The number of aromatic nitrogens is 3. The Bertz CT molecular complexity index is 1170. The summed E-state index contributed by atoms with van der Waals surface area (Å²) in [6, 6.07) is 6.61. The number of halogens is 1. The zero-order valence-corrected chi connectivity index (χ0v) is 19.3. The van der Waals surface area contributed by atoms with Crippen molar-refractivity contribution < 1.29 is 9.90 Å². The van der Waals surface area contributed by atoms with Crippen LogP contribution in [0, 0.1) is 12.8 Å². The average Bonchev–Trinajstić information content (AvgIpc) is 3.40. The fraction of sp³-hybridized carbons (Fsp3) is 0.480. The number of rotatable bonds is 3. The molecule has 3 heterocycles. The van der Waals surface area contributed by atoms with Crippen LogP contribution < -0.4 is 0 Å². The van der Waals surface area contributed by atoms with Crippen LogP contribution in [0.5, 0.6) is 5.75 Å². The molecular weight excluding hydrogens is 424 g/mol. The van der Waals surface area contributed by atoms with Crippen LogP contribution in [0.1, 0.15) is 84.7 Å². The lowest BCUT2D eigenvalue weighted by Crippen LogP contribution is -2.38. The van der Waals surface area contributed by atoms with Crippen molar-refractivity contribution in [1.82, 2.24) is 19.5 Å². The first kappa shape index (κ1) is 21.3. The first-order valence-electron chi connectivity index (χ1n) is 11.6. The summed E-state index contributed by atoms with van der Waals surface area (Å²) in [5.41, 5.74) is 4.54. The number of fused-ring (bicyclic) bond motifs is 1. The quantitative estimate of drug-likeness (QED) is 0.556. The second-order valence-corrected chi connectivity index (χ2v) is 9.88. The summed E-state index contributed by atoms with van der Waals surface area (Å²) in [4.78, 5) is 20.2. The molecule has 1 N–H and O–H groups in total. The van der Waals surface area contributed by atoms with Gasteiger partial charge < -0.3 is 10.0 Å². The largest absolute Gasteiger partial charge is 0.506 e. The second-order valence-electron chi connectivity index (χ2n) is 9.47. The molecule has 1 saturated heterocycles. The van der Waals surface area contributed by atoms with Crippen molar-refractivity contribution in [3.63, 3.8) is 0 Å². The summed E-state index contributed by atoms with van der Waals surface area (Å²) >= 11 is 5.93. The molecule has 168 valence electrons. The lowest BCUT2D eigenvalue weighted by molar-refractivity contribution is 0.0605. The molecule has 32 heavy (non-hydrogen) atoms. The number of aryl methyl sites for hydroxylation is 1. The predicted molar refractivity (Wildman–Crippen MR) is 124 cm³/mol. The molecule has 6 nitrogen and oxygen atoms in total. The smallest absolute Gasteiger partial charge is 0.254 e. The highest BCUT2D eigenvalue weighted by Gasteiger charge is 2.31. The van der Waals surface area contributed by atoms with Crippen LogP contribution >= 0.6 is 11.6 Å². The van der Waals surface area contributed by atoms with Crippen molar-refractivity contribution in [3.8, 4) is 5.75 Å². The summed E-state index contributed by atoms with van der Waals surface area (Å²) in [5.74, 6) is 1.10. The predicted octanol–water partition coefficient (Wildman–Crippen LogP) is 5.67. The molecule has 7 heteroatoms. The highest BCUT2D eigenvalue weighted by Crippen LogP contribution is 2.39. The molecular formula is C25H29ClN4O2. The van der Waals surface area contributed by atoms with E-state index < -0.39 is 0 Å². The van der Waals surface area contributed by atoms with Gasteiger partial charge in [0.2, 0.25) is 0 Å². The molecule has 2 fully saturated rings. The number of aromatic hydroxyl groups is 1. The van der Waals surface area contributed by atoms with E-state index in [9.17, 15) is 9.90 Å². The number of piperidine rings is 1. The summed E-state index contributed by atoms with van der Waals surface area (Å²) in [7, 11) is 0. The monoisotopic (exact) mass is 452 g/mol. The molecule has 5 rings (SSSR count). The number of phenolic OH excluding ortho intramolecular Hbond substituents is 1. The highest BCUT2D eigenvalue weighted by molar-refractivity contribution is 6.32. The zero-order valence-electron chi connectivity index (χ0n) is 18.6. The Morgan fingerprint density at radius 1 is 1.19 bits per heavy atom. The van der Waals surface area contributed by atoms with E-state index in [0.29, 0.717) is 18.0 Å². The Labute approximate surface area is 193 Å². The Morgan fingerprint density at radius 3 is 2.78 bits per heavy atom. The van der Waals surface area contributed by atoms with E-state index in [4.69, 9.17) is 21.7 Å². The Morgan fingerprint density at radius 2 is 2.03 bits per heavy atom. The fourth-order valence-corrected chi connectivity index (χ4v) is 5.49. The number of phenols is 1. The van der Waals surface area contributed by atoms with E-state index in [1.807, 2.05) is 15.5 Å². The highest BCUT2D eigenvalue weighted by atomic mass is 35.5. The van der Waals surface area contributed by atoms with Crippen LogP contribution in [0.25, 0.3) is 5.65 Å². The van der Waals surface area contributed by atoms with Crippen LogP contribution in [-0.4, -0.2) is 37.1 Å². The van der Waals surface area contributed by atoms with Gasteiger partial charge in [-0.1, -0.05) is 24.9 Å². The topological polar surface area (TPSA) is 70.7 Å². The number of hydrogen-bond acceptors (Lipinski definition) is 4. The molecule has 1 aromatic carbocycles. The molecule has 3 atom stereocenters. The van der Waals surface area contributed by atoms with Gasteiger partial charge in [0, 0.05) is 30.3 Å². The van der Waals surface area contributed by atoms with Gasteiger partial charge >= 0.3 is 0 Å². The molecule has 1 aliphatic heterocycles. The first-order valence-corrected chi connectivity index (χ1v) is 11.9. The van der Waals surface area contributed by atoms with Gasteiger partial charge in [0.1, 0.15) is 5.75 Å². The van der Waals surface area contributed by atoms with Crippen LogP contribution in [0.15, 0.2) is 30.5 Å². The van der Waals surface area contributed by atoms with E-state index in [1.54, 1.807) is 12.1 Å². The van der Waals surface area contributed by atoms with E-state index in [0.717, 1.165) is 36.5 Å². The summed E-state index contributed by atoms with van der Waals surface area (Å²) in [6.07, 6.45) is 8.61. The van der Waals surface area contributed by atoms with Gasteiger partial charge in [-0.3, -0.25) is 4.79 Å². The molecule has 1 amide bonds. The van der Waals surface area contributed by atoms with Gasteiger partial charge in [-0.15, -0.1) is 0 Å². The van der Waals surface area contributed by atoms with Crippen molar-refractivity contribution in [2.45, 2.75) is 64.3 Å². The number of benzene rings is 1. The van der Waals surface area contributed by atoms with Crippen molar-refractivity contribution >= 4 is 23.2 Å². The zero-order chi connectivity index (χ0) is 22.4. The minimum absolute atomic E-state index is 0.0766. The van der Waals surface area contributed by atoms with Gasteiger partial charge in [-0.05, 0) is 68.7 Å². The molecule has 3 aromatic rings. The second kappa shape index (κ2) is 8.39. The minimum atomic E-state index is -0.108. The van der Waals surface area contributed by atoms with E-state index >= 15 is 0 Å². The third-order valence-electron chi connectivity index (χ3n) is 7.07. The van der Waals surface area contributed by atoms with Crippen molar-refractivity contribution in [2.75, 3.05) is 6.54 Å². The number of hydrogen-bond donors (Lipinski definition) is 1. The van der Waals surface area contributed by atoms with Gasteiger partial charge in [0.25, 0.3) is 5.91 Å². The van der Waals surface area contributed by atoms with Gasteiger partial charge in [-0.25, -0.2) is 9.50 Å². The van der Waals surface area contributed by atoms with Crippen molar-refractivity contribution in [3.05, 3.63) is 58.0 Å². The van der Waals surface area contributed by atoms with E-state index in [-0.39, 0.29) is 22.7 Å². The lowest BCUT2D eigenvalue weighted by Gasteiger charge is -2.34. The minimum Gasteiger partial charge on any atom is -0.506 e. The maximum Gasteiger partial charge on any atom is 0.254 e. The molecule has 0 radical (unpaired) electrons. The van der Waals surface area contributed by atoms with Crippen LogP contribution in [0.4, 0.5) is 0 Å². The van der Waals surface area contributed by atoms with Gasteiger partial charge in [0.15, 0.2) is 5.65 Å². The van der Waals surface area contributed by atoms with E-state index in [2.05, 4.69) is 20.0 Å². The standard InChI is InChI=1S/C25H29ClN4O2/c1-15-6-7-17(11-15)24-16(2)14-30-23(27-24)13-20(28-30)21-5-3-4-10-29(21)25(32)18-8-9-19(26)22(31)12-18/h8-9,12-15,17,21,31H,3-7,10-11H2,1-2H3/t15-,17?,21-/m0/s1. The first-order chi connectivity index (χ1) is 15.4. The van der Waals surface area contributed by atoms with Crippen LogP contribution in [0.2, 0.25) is 5.02 Å². The molecule has 1 saturated carbocycles. The molecule has 2 aromatic heterocycles. The normalized spacial score (nSPS) is 23.7. The Kier molecular flexibility index (Phi) is 5.58. The summed E-state index contributed by atoms with van der Waals surface area (Å²) < 4.78 is 1.86. The van der Waals surface area contributed by atoms with Gasteiger partial charge in [0.05, 0.1) is 22.5 Å². The summed E-state index contributed by atoms with van der Waals surface area (Å²) in [5, 5.41) is 15.0. The van der Waals surface area contributed by atoms with E-state index in [1.165, 1.54) is 36.6 Å². The molecule has 1 unspecified atom stereocenters. The maximum absolute atomic E-state index is 13.3. The number of nitrogens with zero attached hydrogens (tertiary/aromatic N) is 4. The molecule has 0 bridgehead atoms.